The molecule has 6 bridgehead atoms. The highest BCUT2D eigenvalue weighted by Crippen LogP contribution is 2.75. The van der Waals surface area contributed by atoms with Crippen molar-refractivity contribution >= 4 is 54.9 Å². The van der Waals surface area contributed by atoms with E-state index in [1.54, 1.807) is 5.57 Å². The Balaban J connectivity index is 1.62. The lowest BCUT2D eigenvalue weighted by Crippen LogP contribution is -2.51. The summed E-state index contributed by atoms with van der Waals surface area (Å²) in [6.45, 7) is 2.79. The van der Waals surface area contributed by atoms with Crippen molar-refractivity contribution in [2.75, 3.05) is 29.6 Å². The van der Waals surface area contributed by atoms with E-state index in [1.165, 1.54) is 24.8 Å². The summed E-state index contributed by atoms with van der Waals surface area (Å²) in [4.78, 5) is 18.5. The van der Waals surface area contributed by atoms with Gasteiger partial charge in [-0.2, -0.15) is 0 Å². The lowest BCUT2D eigenvalue weighted by molar-refractivity contribution is -0.122. The van der Waals surface area contributed by atoms with E-state index >= 15 is 0 Å². The number of ketones is 1. The summed E-state index contributed by atoms with van der Waals surface area (Å²) in [7, 11) is 7.79. The van der Waals surface area contributed by atoms with Gasteiger partial charge < -0.3 is 16.6 Å². The van der Waals surface area contributed by atoms with Crippen molar-refractivity contribution in [1.82, 2.24) is 0 Å². The molecule has 0 aromatic heterocycles. The van der Waals surface area contributed by atoms with Gasteiger partial charge in [-0.05, 0) is 79.6 Å². The Labute approximate surface area is 220 Å². The highest BCUT2D eigenvalue weighted by molar-refractivity contribution is 8.77. The molecule has 7 unspecified atom stereocenters. The molecule has 5 nitrogen and oxygen atoms in total. The topological polar surface area (TPSA) is 102 Å². The molecule has 2 fully saturated rings. The number of carbonyl (C=O) groups is 1. The van der Waals surface area contributed by atoms with E-state index in [1.807, 2.05) is 43.2 Å². The Bertz CT molecular complexity index is 863. The third-order valence-electron chi connectivity index (χ3n) is 9.77. The van der Waals surface area contributed by atoms with Gasteiger partial charge in [0, 0.05) is 41.5 Å². The van der Waals surface area contributed by atoms with E-state index in [0.29, 0.717) is 29.5 Å². The Hall–Kier alpha value is 0.0400. The number of hydrogen-bond acceptors (Lipinski definition) is 7. The van der Waals surface area contributed by atoms with Crippen LogP contribution in [-0.2, 0) is 4.79 Å². The number of allylic oxidation sites excluding steroid dienone is 2. The maximum Gasteiger partial charge on any atom is 0.186 e. The van der Waals surface area contributed by atoms with E-state index in [0.717, 1.165) is 55.1 Å². The van der Waals surface area contributed by atoms with Crippen molar-refractivity contribution in [3.8, 4) is 0 Å². The molecule has 9 heteroatoms. The molecular weight excluding hydrogens is 503 g/mol. The van der Waals surface area contributed by atoms with Crippen LogP contribution in [0.4, 0.5) is 0 Å². The van der Waals surface area contributed by atoms with E-state index in [4.69, 9.17) is 11.5 Å². The fourth-order valence-corrected chi connectivity index (χ4v) is 13.6. The van der Waals surface area contributed by atoms with Gasteiger partial charge in [0.1, 0.15) is 0 Å². The fourth-order valence-electron chi connectivity index (χ4n) is 8.28. The highest BCUT2D eigenvalue weighted by Gasteiger charge is 2.69. The van der Waals surface area contributed by atoms with Crippen LogP contribution < -0.4 is 11.5 Å². The van der Waals surface area contributed by atoms with Crippen LogP contribution in [0.3, 0.4) is 0 Å². The summed E-state index contributed by atoms with van der Waals surface area (Å²) < 4.78 is 0. The molecule has 34 heavy (non-hydrogen) atoms. The van der Waals surface area contributed by atoms with Crippen LogP contribution in [0.15, 0.2) is 16.1 Å². The molecule has 0 aromatic rings. The van der Waals surface area contributed by atoms with Crippen LogP contribution in [0, 0.1) is 34.5 Å². The second-order valence-corrected chi connectivity index (χ2v) is 16.3. The number of Topliss-reactive ketones (excluding diaryl/α,β-unsaturated/α-hetero) is 1. The van der Waals surface area contributed by atoms with Gasteiger partial charge in [0.25, 0.3) is 0 Å². The molecule has 0 saturated heterocycles. The summed E-state index contributed by atoms with van der Waals surface area (Å²) in [5, 5.41) is 9.97. The molecule has 1 spiro atoms. The molecule has 3 aliphatic carbocycles. The summed E-state index contributed by atoms with van der Waals surface area (Å²) in [6, 6.07) is 0.112. The zero-order chi connectivity index (χ0) is 23.9. The lowest BCUT2D eigenvalue weighted by atomic mass is 9.48. The van der Waals surface area contributed by atoms with Crippen molar-refractivity contribution in [1.29, 1.82) is 0 Å². The first-order valence-electron chi connectivity index (χ1n) is 12.9. The number of carbonyl (C=O) groups excluding carboxylic acids is 1. The van der Waals surface area contributed by atoms with Crippen LogP contribution >= 0.6 is 43.2 Å². The summed E-state index contributed by atoms with van der Waals surface area (Å²) >= 11 is 0. The first kappa shape index (κ1) is 25.7. The average molecular weight is 542 g/mol. The minimum absolute atomic E-state index is 0.0154. The van der Waals surface area contributed by atoms with Crippen LogP contribution in [0.5, 0.6) is 0 Å². The van der Waals surface area contributed by atoms with Crippen LogP contribution in [0.1, 0.15) is 58.3 Å². The van der Waals surface area contributed by atoms with Crippen molar-refractivity contribution in [3.05, 3.63) is 11.1 Å². The molecule has 0 radical (unpaired) electrons. The van der Waals surface area contributed by atoms with Crippen molar-refractivity contribution < 1.29 is 9.90 Å². The Morgan fingerprint density at radius 3 is 2.68 bits per heavy atom. The summed E-state index contributed by atoms with van der Waals surface area (Å²) in [5.41, 5.74) is 14.5. The largest absolute Gasteiger partial charge is 0.396 e. The molecule has 5 rings (SSSR count). The number of hydrogen-bond donors (Lipinski definition) is 3. The Kier molecular flexibility index (Phi) is 7.87. The minimum atomic E-state index is 0.0154. The first-order chi connectivity index (χ1) is 16.4. The van der Waals surface area contributed by atoms with E-state index in [-0.39, 0.29) is 29.4 Å². The maximum absolute atomic E-state index is 13.9. The van der Waals surface area contributed by atoms with Gasteiger partial charge in [-0.15, -0.1) is 0 Å². The molecule has 190 valence electrons. The van der Waals surface area contributed by atoms with Gasteiger partial charge in [-0.1, -0.05) is 55.7 Å². The zero-order valence-corrected chi connectivity index (χ0v) is 23.4. The monoisotopic (exact) mass is 541 g/mol. The van der Waals surface area contributed by atoms with Gasteiger partial charge in [0.2, 0.25) is 0 Å². The first-order valence-corrected chi connectivity index (χ1v) is 17.8. The number of aliphatic hydroxyl groups is 1. The van der Waals surface area contributed by atoms with Crippen molar-refractivity contribution in [2.24, 2.45) is 51.0 Å². The number of guanidine groups is 1. The smallest absolute Gasteiger partial charge is 0.186 e. The molecule has 2 saturated carbocycles. The fraction of sp³-hybridized carbons (Fsp3) is 0.840. The van der Waals surface area contributed by atoms with Crippen molar-refractivity contribution in [2.45, 2.75) is 64.3 Å². The number of nitrogens with two attached hydrogens (primary N) is 2. The van der Waals surface area contributed by atoms with Crippen molar-refractivity contribution in [3.63, 3.8) is 0 Å². The molecule has 0 aromatic carbocycles. The predicted octanol–water partition coefficient (Wildman–Crippen LogP) is 4.90. The molecule has 7 atom stereocenters. The van der Waals surface area contributed by atoms with E-state index < -0.39 is 0 Å². The van der Waals surface area contributed by atoms with Crippen LogP contribution in [-0.4, -0.2) is 52.5 Å². The number of rotatable bonds is 3. The lowest BCUT2D eigenvalue weighted by Gasteiger charge is -2.56. The zero-order valence-electron chi connectivity index (χ0n) is 20.2. The maximum atomic E-state index is 13.9. The predicted molar refractivity (Wildman–Crippen MR) is 150 cm³/mol. The van der Waals surface area contributed by atoms with Gasteiger partial charge in [0.05, 0.1) is 6.04 Å². The van der Waals surface area contributed by atoms with Gasteiger partial charge in [-0.3, -0.25) is 4.79 Å². The Morgan fingerprint density at radius 1 is 1.09 bits per heavy atom. The number of aliphatic hydroxyl groups excluding tert-OH is 1. The number of nitrogens with zero attached hydrogens (tertiary/aromatic N) is 1. The summed E-state index contributed by atoms with van der Waals surface area (Å²) in [5.74, 6) is 6.71. The third-order valence-corrected chi connectivity index (χ3v) is 14.8. The number of aliphatic imine (C=N–C) groups is 1. The van der Waals surface area contributed by atoms with Gasteiger partial charge in [-0.25, -0.2) is 4.99 Å². The third kappa shape index (κ3) is 4.27. The quantitative estimate of drug-likeness (QED) is 0.264. The normalized spacial score (nSPS) is 42.8. The molecule has 0 amide bonds. The SMILES string of the molecule is CC12CCSSCC(N=C(N)N)CCC3CSSCC(CCO)C4CCC1CC1=C3C(=O)CC142. The molecular formula is C25H39N3O2S4. The van der Waals surface area contributed by atoms with Crippen LogP contribution in [0.2, 0.25) is 0 Å². The minimum Gasteiger partial charge on any atom is -0.396 e. The van der Waals surface area contributed by atoms with Crippen LogP contribution in [0.25, 0.3) is 0 Å². The average Bonchev–Trinajstić information content (AvgIpc) is 3.11. The molecule has 2 heterocycles. The van der Waals surface area contributed by atoms with Gasteiger partial charge in [0.15, 0.2) is 11.7 Å². The molecule has 2 aliphatic heterocycles. The molecule has 5 N–H and O–H groups in total. The molecule has 5 aliphatic rings. The summed E-state index contributed by atoms with van der Waals surface area (Å²) in [6.07, 6.45) is 8.29. The van der Waals surface area contributed by atoms with E-state index in [2.05, 4.69) is 11.9 Å². The Morgan fingerprint density at radius 2 is 1.88 bits per heavy atom. The second-order valence-electron chi connectivity index (χ2n) is 11.1. The van der Waals surface area contributed by atoms with E-state index in [9.17, 15) is 9.90 Å². The standard InChI is InChI=1S/C25H39N3O2S4/c1-24-7-9-31-34-14-18(28-23(26)27)4-2-16-13-33-32-12-15(6-8-29)19-5-3-17(24)10-20-22(16)21(30)11-25(19,20)24/h15-19,29H,2-14H2,1H3,(H4,26,27,28). The highest BCUT2D eigenvalue weighted by atomic mass is 33.1. The van der Waals surface area contributed by atoms with Gasteiger partial charge >= 0.3 is 0 Å². The second kappa shape index (κ2) is 10.4.